The summed E-state index contributed by atoms with van der Waals surface area (Å²) in [4.78, 5) is 23.7. The number of rotatable bonds is 13. The third-order valence-electron chi connectivity index (χ3n) is 6.77. The van der Waals surface area contributed by atoms with E-state index in [1.165, 1.54) is 12.6 Å². The van der Waals surface area contributed by atoms with E-state index in [9.17, 15) is 18.0 Å². The van der Waals surface area contributed by atoms with Gasteiger partial charge in [-0.1, -0.05) is 42.9 Å². The van der Waals surface area contributed by atoms with E-state index >= 15 is 0 Å². The average Bonchev–Trinajstić information content (AvgIpc) is 3.63. The van der Waals surface area contributed by atoms with Crippen LogP contribution < -0.4 is 19.7 Å². The van der Waals surface area contributed by atoms with Crippen LogP contribution in [0.15, 0.2) is 54.2 Å². The summed E-state index contributed by atoms with van der Waals surface area (Å²) in [6, 6.07) is 5.00. The van der Waals surface area contributed by atoms with Crippen molar-refractivity contribution >= 4 is 27.4 Å². The van der Waals surface area contributed by atoms with Crippen LogP contribution in [0.5, 0.6) is 5.75 Å². The van der Waals surface area contributed by atoms with Crippen LogP contribution in [-0.4, -0.2) is 59.1 Å². The first-order valence-corrected chi connectivity index (χ1v) is 15.4. The molecular formula is C30H45N3O5S. The van der Waals surface area contributed by atoms with E-state index in [4.69, 9.17) is 4.74 Å². The molecule has 0 saturated heterocycles. The number of nitrogens with zero attached hydrogens (tertiary/aromatic N) is 1. The van der Waals surface area contributed by atoms with Gasteiger partial charge in [-0.25, -0.2) is 8.42 Å². The second-order valence-corrected chi connectivity index (χ2v) is 12.6. The van der Waals surface area contributed by atoms with Crippen LogP contribution in [0.25, 0.3) is 0 Å². The van der Waals surface area contributed by atoms with Gasteiger partial charge in [-0.2, -0.15) is 0 Å². The summed E-state index contributed by atoms with van der Waals surface area (Å²) in [5, 5.41) is 6.12. The highest BCUT2D eigenvalue weighted by molar-refractivity contribution is 7.92. The van der Waals surface area contributed by atoms with E-state index in [0.717, 1.165) is 23.4 Å². The Morgan fingerprint density at radius 1 is 1.15 bits per heavy atom. The molecule has 1 aromatic rings. The molecule has 0 heterocycles. The number of benzene rings is 1. The van der Waals surface area contributed by atoms with E-state index in [-0.39, 0.29) is 17.7 Å². The molecule has 2 aliphatic carbocycles. The Labute approximate surface area is 234 Å². The largest absolute Gasteiger partial charge is 0.493 e. The van der Waals surface area contributed by atoms with Crippen molar-refractivity contribution in [3.8, 4) is 5.75 Å². The standard InChI is InChI=1S/C22H35N3O5S.C8H10/c1-15-10-19(15)14-30-21-12-18(11-20(13-21)25(4)31(5,28)29)22(27)24-8-6-16(2)23-9-7-17(3)26;1-8-6-4-2-3-5-7-8/h11-13,15-16,19,23H,6-10,14H2,1-5H3,(H,24,27);2-6H,7H2,1H3. The van der Waals surface area contributed by atoms with Crippen molar-refractivity contribution in [3.63, 3.8) is 0 Å². The highest BCUT2D eigenvalue weighted by Crippen LogP contribution is 2.38. The maximum absolute atomic E-state index is 12.7. The number of hydrogen-bond acceptors (Lipinski definition) is 6. The zero-order valence-corrected chi connectivity index (χ0v) is 25.0. The molecule has 1 saturated carbocycles. The van der Waals surface area contributed by atoms with Gasteiger partial charge >= 0.3 is 0 Å². The van der Waals surface area contributed by atoms with Crippen LogP contribution in [0.4, 0.5) is 5.69 Å². The van der Waals surface area contributed by atoms with Crippen LogP contribution >= 0.6 is 0 Å². The summed E-state index contributed by atoms with van der Waals surface area (Å²) in [7, 11) is -2.02. The Bertz CT molecular complexity index is 1170. The Balaban J connectivity index is 0.000000568. The predicted molar refractivity (Wildman–Crippen MR) is 159 cm³/mol. The van der Waals surface area contributed by atoms with Gasteiger partial charge in [0.1, 0.15) is 11.5 Å². The topological polar surface area (TPSA) is 105 Å². The van der Waals surface area contributed by atoms with E-state index < -0.39 is 10.0 Å². The van der Waals surface area contributed by atoms with E-state index in [0.29, 0.717) is 61.4 Å². The van der Waals surface area contributed by atoms with Gasteiger partial charge in [0.25, 0.3) is 5.91 Å². The van der Waals surface area contributed by atoms with Crippen LogP contribution in [0.1, 0.15) is 63.7 Å². The molecule has 0 bridgehead atoms. The molecule has 8 nitrogen and oxygen atoms in total. The number of sulfonamides is 1. The summed E-state index contributed by atoms with van der Waals surface area (Å²) in [5.74, 6) is 1.48. The molecule has 39 heavy (non-hydrogen) atoms. The quantitative estimate of drug-likeness (QED) is 0.365. The molecule has 3 unspecified atom stereocenters. The van der Waals surface area contributed by atoms with Gasteiger partial charge in [-0.3, -0.25) is 13.9 Å². The summed E-state index contributed by atoms with van der Waals surface area (Å²) in [5.41, 5.74) is 2.16. The lowest BCUT2D eigenvalue weighted by atomic mass is 10.1. The van der Waals surface area contributed by atoms with Crippen molar-refractivity contribution in [2.45, 2.75) is 59.4 Å². The fraction of sp³-hybridized carbons (Fsp3) is 0.533. The lowest BCUT2D eigenvalue weighted by molar-refractivity contribution is -0.116. The number of ketones is 1. The molecule has 1 amide bonds. The Morgan fingerprint density at radius 2 is 1.87 bits per heavy atom. The first-order chi connectivity index (χ1) is 18.4. The van der Waals surface area contributed by atoms with Crippen LogP contribution in [0, 0.1) is 11.8 Å². The van der Waals surface area contributed by atoms with Gasteiger partial charge in [0.15, 0.2) is 0 Å². The smallest absolute Gasteiger partial charge is 0.251 e. The predicted octanol–water partition coefficient (Wildman–Crippen LogP) is 4.64. The third kappa shape index (κ3) is 12.7. The van der Waals surface area contributed by atoms with Crippen LogP contribution in [-0.2, 0) is 14.8 Å². The SMILES string of the molecule is CC(=O)CCNC(C)CCNC(=O)c1cc(OCC2CC2C)cc(N(C)S(C)(=O)=O)c1.CC1=CC=CC=CC1. The number of allylic oxidation sites excluding steroid dienone is 6. The van der Waals surface area contributed by atoms with Crippen molar-refractivity contribution in [1.29, 1.82) is 0 Å². The third-order valence-corrected chi connectivity index (χ3v) is 7.97. The maximum Gasteiger partial charge on any atom is 0.251 e. The Kier molecular flexibility index (Phi) is 12.9. The van der Waals surface area contributed by atoms with Crippen LogP contribution in [0.3, 0.4) is 0 Å². The second kappa shape index (κ2) is 15.6. The summed E-state index contributed by atoms with van der Waals surface area (Å²) in [6.45, 7) is 9.48. The normalized spacial score (nSPS) is 18.7. The second-order valence-electron chi connectivity index (χ2n) is 10.6. The molecule has 0 radical (unpaired) electrons. The average molecular weight is 560 g/mol. The first kappa shape index (κ1) is 32.3. The van der Waals surface area contributed by atoms with Gasteiger partial charge in [0.05, 0.1) is 18.6 Å². The highest BCUT2D eigenvalue weighted by Gasteiger charge is 2.33. The summed E-state index contributed by atoms with van der Waals surface area (Å²) >= 11 is 0. The molecule has 3 atom stereocenters. The molecule has 9 heteroatoms. The Hall–Kier alpha value is -2.91. The summed E-state index contributed by atoms with van der Waals surface area (Å²) in [6.07, 6.45) is 15.0. The molecular weight excluding hydrogens is 514 g/mol. The number of hydrogen-bond donors (Lipinski definition) is 2. The van der Waals surface area contributed by atoms with Gasteiger partial charge in [0.2, 0.25) is 10.0 Å². The fourth-order valence-electron chi connectivity index (χ4n) is 3.79. The molecule has 0 aromatic heterocycles. The number of nitrogens with one attached hydrogen (secondary N) is 2. The number of carbonyl (C=O) groups is 2. The van der Waals surface area contributed by atoms with Gasteiger partial charge in [-0.15, -0.1) is 0 Å². The van der Waals surface area contributed by atoms with E-state index in [1.54, 1.807) is 25.1 Å². The Morgan fingerprint density at radius 3 is 2.51 bits per heavy atom. The van der Waals surface area contributed by atoms with E-state index in [2.05, 4.69) is 54.9 Å². The monoisotopic (exact) mass is 559 g/mol. The number of amides is 1. The number of Topliss-reactive ketones (excluding diaryl/α,β-unsaturated/α-hetero) is 1. The maximum atomic E-state index is 12.7. The number of carbonyl (C=O) groups excluding carboxylic acids is 2. The number of anilines is 1. The van der Waals surface area contributed by atoms with Gasteiger partial charge in [-0.05, 0) is 64.0 Å². The first-order valence-electron chi connectivity index (χ1n) is 13.6. The highest BCUT2D eigenvalue weighted by atomic mass is 32.2. The summed E-state index contributed by atoms with van der Waals surface area (Å²) < 4.78 is 30.9. The minimum atomic E-state index is -3.47. The fourth-order valence-corrected chi connectivity index (χ4v) is 4.28. The zero-order chi connectivity index (χ0) is 29.0. The van der Waals surface area contributed by atoms with Crippen molar-refractivity contribution in [1.82, 2.24) is 10.6 Å². The molecule has 2 N–H and O–H groups in total. The minimum absolute atomic E-state index is 0.140. The molecule has 0 aliphatic heterocycles. The van der Waals surface area contributed by atoms with Gasteiger partial charge in [0, 0.05) is 44.2 Å². The molecule has 2 aliphatic rings. The van der Waals surface area contributed by atoms with Gasteiger partial charge < -0.3 is 15.4 Å². The molecule has 1 aromatic carbocycles. The lowest BCUT2D eigenvalue weighted by Crippen LogP contribution is -2.33. The molecule has 3 rings (SSSR count). The molecule has 216 valence electrons. The molecule has 1 fully saturated rings. The minimum Gasteiger partial charge on any atom is -0.493 e. The van der Waals surface area contributed by atoms with Crippen LogP contribution in [0.2, 0.25) is 0 Å². The zero-order valence-electron chi connectivity index (χ0n) is 24.2. The van der Waals surface area contributed by atoms with E-state index in [1.807, 2.05) is 6.92 Å². The van der Waals surface area contributed by atoms with Crippen molar-refractivity contribution in [2.24, 2.45) is 11.8 Å². The van der Waals surface area contributed by atoms with Crippen molar-refractivity contribution in [2.75, 3.05) is 37.3 Å². The van der Waals surface area contributed by atoms with Crippen molar-refractivity contribution < 1.29 is 22.7 Å². The lowest BCUT2D eigenvalue weighted by Gasteiger charge is -2.19. The van der Waals surface area contributed by atoms with Crippen molar-refractivity contribution in [3.05, 3.63) is 59.7 Å². The molecule has 0 spiro atoms. The number of ether oxygens (including phenoxy) is 1.